The molecule has 2 heterocycles. The molecule has 80 valence electrons. The van der Waals surface area contributed by atoms with Gasteiger partial charge in [-0.2, -0.15) is 0 Å². The summed E-state index contributed by atoms with van der Waals surface area (Å²) in [5.41, 5.74) is 3.22. The topological polar surface area (TPSA) is 22.1 Å². The number of fused-ring (bicyclic) bond motifs is 3. The standard InChI is InChI=1S/C14H13NO/c1-14(2)12-9-15-8-7-10(12)11-5-3-4-6-13(11)16-14/h3-9H,1-2H3. The molecule has 2 aromatic rings. The molecule has 1 aliphatic heterocycles. The van der Waals surface area contributed by atoms with Crippen LogP contribution in [0.2, 0.25) is 0 Å². The fraction of sp³-hybridized carbons (Fsp3) is 0.214. The van der Waals surface area contributed by atoms with Crippen LogP contribution in [0.1, 0.15) is 19.4 Å². The minimum Gasteiger partial charge on any atom is -0.482 e. The van der Waals surface area contributed by atoms with Crippen molar-refractivity contribution in [1.29, 1.82) is 0 Å². The minimum absolute atomic E-state index is 0.308. The molecule has 16 heavy (non-hydrogen) atoms. The Morgan fingerprint density at radius 1 is 1.06 bits per heavy atom. The Balaban J connectivity index is 2.33. The van der Waals surface area contributed by atoms with Gasteiger partial charge in [0.1, 0.15) is 11.4 Å². The number of ether oxygens (including phenoxy) is 1. The molecule has 0 unspecified atom stereocenters. The Hall–Kier alpha value is -1.83. The van der Waals surface area contributed by atoms with Gasteiger partial charge in [0.15, 0.2) is 0 Å². The lowest BCUT2D eigenvalue weighted by molar-refractivity contribution is 0.105. The highest BCUT2D eigenvalue weighted by atomic mass is 16.5. The summed E-state index contributed by atoms with van der Waals surface area (Å²) in [6, 6.07) is 10.2. The summed E-state index contributed by atoms with van der Waals surface area (Å²) in [7, 11) is 0. The zero-order valence-electron chi connectivity index (χ0n) is 9.40. The molecule has 0 saturated heterocycles. The van der Waals surface area contributed by atoms with E-state index >= 15 is 0 Å². The van der Waals surface area contributed by atoms with E-state index < -0.39 is 0 Å². The predicted octanol–water partition coefficient (Wildman–Crippen LogP) is 3.38. The van der Waals surface area contributed by atoms with Gasteiger partial charge >= 0.3 is 0 Å². The maximum atomic E-state index is 6.01. The summed E-state index contributed by atoms with van der Waals surface area (Å²) >= 11 is 0. The SMILES string of the molecule is CC1(C)Oc2ccccc2-c2ccncc21. The third kappa shape index (κ3) is 1.23. The molecule has 0 spiro atoms. The first kappa shape index (κ1) is 9.40. The second kappa shape index (κ2) is 3.08. The van der Waals surface area contributed by atoms with Crippen LogP contribution in [-0.4, -0.2) is 4.98 Å². The lowest BCUT2D eigenvalue weighted by Gasteiger charge is -2.34. The average molecular weight is 211 g/mol. The third-order valence-electron chi connectivity index (χ3n) is 3.01. The zero-order chi connectivity index (χ0) is 11.2. The van der Waals surface area contributed by atoms with Gasteiger partial charge in [-0.3, -0.25) is 4.98 Å². The van der Waals surface area contributed by atoms with Crippen molar-refractivity contribution in [3.05, 3.63) is 48.3 Å². The van der Waals surface area contributed by atoms with Crippen LogP contribution in [-0.2, 0) is 5.60 Å². The number of aromatic nitrogens is 1. The molecule has 0 atom stereocenters. The van der Waals surface area contributed by atoms with Gasteiger partial charge in [0.25, 0.3) is 0 Å². The molecule has 0 saturated carbocycles. The van der Waals surface area contributed by atoms with E-state index in [1.165, 1.54) is 5.56 Å². The van der Waals surface area contributed by atoms with Gasteiger partial charge in [-0.15, -0.1) is 0 Å². The first-order valence-corrected chi connectivity index (χ1v) is 5.41. The molecule has 0 N–H and O–H groups in total. The van der Waals surface area contributed by atoms with Gasteiger partial charge in [-0.05, 0) is 31.5 Å². The predicted molar refractivity (Wildman–Crippen MR) is 63.3 cm³/mol. The van der Waals surface area contributed by atoms with Gasteiger partial charge < -0.3 is 4.74 Å². The second-order valence-electron chi connectivity index (χ2n) is 4.53. The molecule has 0 bridgehead atoms. The lowest BCUT2D eigenvalue weighted by Crippen LogP contribution is -2.29. The Morgan fingerprint density at radius 3 is 2.75 bits per heavy atom. The molecule has 1 aromatic heterocycles. The molecule has 0 aliphatic carbocycles. The highest BCUT2D eigenvalue weighted by molar-refractivity contribution is 5.75. The van der Waals surface area contributed by atoms with Crippen LogP contribution in [0.25, 0.3) is 11.1 Å². The monoisotopic (exact) mass is 211 g/mol. The average Bonchev–Trinajstić information content (AvgIpc) is 2.29. The van der Waals surface area contributed by atoms with Crippen LogP contribution in [0.3, 0.4) is 0 Å². The quantitative estimate of drug-likeness (QED) is 0.666. The van der Waals surface area contributed by atoms with Crippen molar-refractivity contribution in [2.45, 2.75) is 19.4 Å². The van der Waals surface area contributed by atoms with Crippen LogP contribution in [0.5, 0.6) is 5.75 Å². The summed E-state index contributed by atoms with van der Waals surface area (Å²) in [6.07, 6.45) is 3.72. The van der Waals surface area contributed by atoms with Crippen molar-refractivity contribution in [3.63, 3.8) is 0 Å². The highest BCUT2D eigenvalue weighted by Crippen LogP contribution is 2.44. The van der Waals surface area contributed by atoms with Gasteiger partial charge in [0, 0.05) is 23.5 Å². The minimum atomic E-state index is -0.308. The molecule has 0 amide bonds. The van der Waals surface area contributed by atoms with Crippen LogP contribution in [0.15, 0.2) is 42.7 Å². The zero-order valence-corrected chi connectivity index (χ0v) is 9.40. The summed E-state index contributed by atoms with van der Waals surface area (Å²) in [5, 5.41) is 0. The highest BCUT2D eigenvalue weighted by Gasteiger charge is 2.32. The molecular formula is C14H13NO. The van der Waals surface area contributed by atoms with E-state index in [0.717, 1.165) is 16.9 Å². The Kier molecular flexibility index (Phi) is 1.81. The maximum absolute atomic E-state index is 6.01. The van der Waals surface area contributed by atoms with Crippen molar-refractivity contribution in [2.75, 3.05) is 0 Å². The lowest BCUT2D eigenvalue weighted by atomic mass is 9.88. The number of hydrogen-bond donors (Lipinski definition) is 0. The van der Waals surface area contributed by atoms with Gasteiger partial charge in [-0.1, -0.05) is 18.2 Å². The van der Waals surface area contributed by atoms with Crippen LogP contribution in [0.4, 0.5) is 0 Å². The van der Waals surface area contributed by atoms with E-state index in [1.807, 2.05) is 30.6 Å². The summed E-state index contributed by atoms with van der Waals surface area (Å²) in [6.45, 7) is 4.15. The Morgan fingerprint density at radius 2 is 1.88 bits per heavy atom. The van der Waals surface area contributed by atoms with E-state index in [4.69, 9.17) is 4.74 Å². The Labute approximate surface area is 94.9 Å². The third-order valence-corrected chi connectivity index (χ3v) is 3.01. The molecular weight excluding hydrogens is 198 g/mol. The fourth-order valence-electron chi connectivity index (χ4n) is 2.22. The first-order valence-electron chi connectivity index (χ1n) is 5.41. The fourth-order valence-corrected chi connectivity index (χ4v) is 2.22. The maximum Gasteiger partial charge on any atom is 0.130 e. The van der Waals surface area contributed by atoms with Crippen molar-refractivity contribution in [1.82, 2.24) is 4.98 Å². The van der Waals surface area contributed by atoms with Crippen molar-refractivity contribution < 1.29 is 4.74 Å². The number of para-hydroxylation sites is 1. The van der Waals surface area contributed by atoms with Crippen LogP contribution < -0.4 is 4.74 Å². The Bertz CT molecular complexity index is 546. The number of hydrogen-bond acceptors (Lipinski definition) is 2. The van der Waals surface area contributed by atoms with Crippen molar-refractivity contribution in [2.24, 2.45) is 0 Å². The molecule has 0 fully saturated rings. The number of nitrogens with zero attached hydrogens (tertiary/aromatic N) is 1. The van der Waals surface area contributed by atoms with E-state index in [-0.39, 0.29) is 5.60 Å². The van der Waals surface area contributed by atoms with Gasteiger partial charge in [0.2, 0.25) is 0 Å². The van der Waals surface area contributed by atoms with Crippen molar-refractivity contribution in [3.8, 4) is 16.9 Å². The molecule has 2 heteroatoms. The van der Waals surface area contributed by atoms with E-state index in [1.54, 1.807) is 0 Å². The molecule has 1 aliphatic rings. The van der Waals surface area contributed by atoms with E-state index in [2.05, 4.69) is 31.0 Å². The smallest absolute Gasteiger partial charge is 0.130 e. The summed E-state index contributed by atoms with van der Waals surface area (Å²) in [4.78, 5) is 4.19. The molecule has 3 rings (SSSR count). The van der Waals surface area contributed by atoms with E-state index in [0.29, 0.717) is 0 Å². The summed E-state index contributed by atoms with van der Waals surface area (Å²) < 4.78 is 6.01. The molecule has 2 nitrogen and oxygen atoms in total. The second-order valence-corrected chi connectivity index (χ2v) is 4.53. The number of benzene rings is 1. The van der Waals surface area contributed by atoms with Crippen LogP contribution >= 0.6 is 0 Å². The number of pyridine rings is 1. The van der Waals surface area contributed by atoms with Gasteiger partial charge in [0.05, 0.1) is 0 Å². The first-order chi connectivity index (χ1) is 7.68. The normalized spacial score (nSPS) is 15.9. The number of rotatable bonds is 0. The van der Waals surface area contributed by atoms with Crippen molar-refractivity contribution >= 4 is 0 Å². The molecule has 1 aromatic carbocycles. The molecule has 0 radical (unpaired) electrons. The van der Waals surface area contributed by atoms with Gasteiger partial charge in [-0.25, -0.2) is 0 Å². The van der Waals surface area contributed by atoms with Crippen LogP contribution in [0, 0.1) is 0 Å². The largest absolute Gasteiger partial charge is 0.482 e. The van der Waals surface area contributed by atoms with E-state index in [9.17, 15) is 0 Å². The summed E-state index contributed by atoms with van der Waals surface area (Å²) in [5.74, 6) is 0.950.